The van der Waals surface area contributed by atoms with Gasteiger partial charge < -0.3 is 15.4 Å². The first-order chi connectivity index (χ1) is 11.0. The van der Waals surface area contributed by atoms with Crippen molar-refractivity contribution in [3.8, 4) is 0 Å². The van der Waals surface area contributed by atoms with Crippen molar-refractivity contribution >= 4 is 15.9 Å². The molecule has 0 radical (unpaired) electrons. The van der Waals surface area contributed by atoms with Crippen molar-refractivity contribution in [1.82, 2.24) is 15.4 Å². The fourth-order valence-electron chi connectivity index (χ4n) is 2.31. The first-order valence-corrected chi connectivity index (χ1v) is 9.27. The number of carbonyl (C=O) groups is 1. The molecule has 2 rings (SSSR count). The highest BCUT2D eigenvalue weighted by atomic mass is 32.2. The summed E-state index contributed by atoms with van der Waals surface area (Å²) < 4.78 is 31.8. The van der Waals surface area contributed by atoms with E-state index < -0.39 is 16.1 Å². The zero-order valence-corrected chi connectivity index (χ0v) is 13.9. The summed E-state index contributed by atoms with van der Waals surface area (Å²) in [6.07, 6.45) is -0.225. The number of benzene rings is 1. The fraction of sp³-hybridized carbons (Fsp3) is 0.533. The highest BCUT2D eigenvalue weighted by Crippen LogP contribution is 2.03. The molecule has 1 aliphatic rings. The minimum atomic E-state index is -3.44. The number of rotatable bonds is 7. The van der Waals surface area contributed by atoms with E-state index in [1.165, 1.54) is 0 Å². The second-order valence-corrected chi connectivity index (χ2v) is 7.35. The van der Waals surface area contributed by atoms with E-state index in [0.717, 1.165) is 5.56 Å². The summed E-state index contributed by atoms with van der Waals surface area (Å²) in [5, 5.41) is 5.70. The second kappa shape index (κ2) is 8.39. The molecule has 0 unspecified atom stereocenters. The maximum atomic E-state index is 12.0. The third kappa shape index (κ3) is 5.91. The number of hydrogen-bond acceptors (Lipinski definition) is 5. The number of amides is 1. The lowest BCUT2D eigenvalue weighted by Gasteiger charge is -2.29. The van der Waals surface area contributed by atoms with Crippen LogP contribution < -0.4 is 15.4 Å². The van der Waals surface area contributed by atoms with Gasteiger partial charge in [-0.3, -0.25) is 4.79 Å². The third-order valence-corrected chi connectivity index (χ3v) is 4.93. The molecule has 2 atom stereocenters. The van der Waals surface area contributed by atoms with Crippen LogP contribution in [0, 0.1) is 0 Å². The molecular weight excluding hydrogens is 318 g/mol. The lowest BCUT2D eigenvalue weighted by Crippen LogP contribution is -2.56. The number of morpholine rings is 1. The van der Waals surface area contributed by atoms with Gasteiger partial charge in [-0.15, -0.1) is 0 Å². The van der Waals surface area contributed by atoms with Crippen LogP contribution in [-0.2, 0) is 26.1 Å². The summed E-state index contributed by atoms with van der Waals surface area (Å²) in [6.45, 7) is 3.30. The van der Waals surface area contributed by atoms with E-state index in [0.29, 0.717) is 13.2 Å². The molecule has 1 aromatic rings. The van der Waals surface area contributed by atoms with Crippen molar-refractivity contribution in [3.63, 3.8) is 0 Å². The predicted octanol–water partition coefficient (Wildman–Crippen LogP) is -0.401. The monoisotopic (exact) mass is 341 g/mol. The van der Waals surface area contributed by atoms with Gasteiger partial charge in [0, 0.05) is 19.6 Å². The number of ether oxygens (including phenoxy) is 1. The van der Waals surface area contributed by atoms with Crippen molar-refractivity contribution in [1.29, 1.82) is 0 Å². The summed E-state index contributed by atoms with van der Waals surface area (Å²) >= 11 is 0. The van der Waals surface area contributed by atoms with Gasteiger partial charge in [-0.05, 0) is 12.5 Å². The van der Waals surface area contributed by atoms with Crippen molar-refractivity contribution in [2.75, 3.05) is 25.4 Å². The van der Waals surface area contributed by atoms with Gasteiger partial charge in [-0.25, -0.2) is 13.1 Å². The Kier molecular flexibility index (Phi) is 6.52. The summed E-state index contributed by atoms with van der Waals surface area (Å²) in [7, 11) is -3.44. The van der Waals surface area contributed by atoms with Crippen molar-refractivity contribution in [3.05, 3.63) is 35.9 Å². The van der Waals surface area contributed by atoms with Crippen LogP contribution in [0.4, 0.5) is 0 Å². The van der Waals surface area contributed by atoms with Gasteiger partial charge in [0.15, 0.2) is 0 Å². The zero-order valence-electron chi connectivity index (χ0n) is 13.1. The van der Waals surface area contributed by atoms with Gasteiger partial charge in [-0.2, -0.15) is 0 Å². The lowest BCUT2D eigenvalue weighted by molar-refractivity contribution is -0.128. The molecule has 0 aromatic heterocycles. The summed E-state index contributed by atoms with van der Waals surface area (Å²) in [5.41, 5.74) is 0.887. The standard InChI is InChI=1S/C15H23N3O4S/c1-12-14(16-7-9-22-12)15(19)17-8-10-23(20,21)18-11-13-5-3-2-4-6-13/h2-6,12,14,16,18H,7-11H2,1H3,(H,17,19)/t12-,14+/m1/s1. The van der Waals surface area contributed by atoms with E-state index in [1.54, 1.807) is 0 Å². The average molecular weight is 341 g/mol. The molecule has 8 heteroatoms. The van der Waals surface area contributed by atoms with E-state index in [2.05, 4.69) is 15.4 Å². The maximum absolute atomic E-state index is 12.0. The number of sulfonamides is 1. The van der Waals surface area contributed by atoms with E-state index in [9.17, 15) is 13.2 Å². The molecule has 0 aliphatic carbocycles. The Labute approximate surface area is 136 Å². The van der Waals surface area contributed by atoms with Crippen LogP contribution in [0.2, 0.25) is 0 Å². The van der Waals surface area contributed by atoms with E-state index >= 15 is 0 Å². The van der Waals surface area contributed by atoms with Gasteiger partial charge >= 0.3 is 0 Å². The Hall–Kier alpha value is -1.48. The minimum absolute atomic E-state index is 0.0633. The molecule has 23 heavy (non-hydrogen) atoms. The fourth-order valence-corrected chi connectivity index (χ4v) is 3.21. The zero-order chi connectivity index (χ0) is 16.7. The predicted molar refractivity (Wildman–Crippen MR) is 87.3 cm³/mol. The van der Waals surface area contributed by atoms with Gasteiger partial charge in [0.25, 0.3) is 0 Å². The van der Waals surface area contributed by atoms with E-state index in [1.807, 2.05) is 37.3 Å². The summed E-state index contributed by atoms with van der Waals surface area (Å²) in [5.74, 6) is -0.400. The average Bonchev–Trinajstić information content (AvgIpc) is 2.54. The van der Waals surface area contributed by atoms with Crippen LogP contribution in [0.1, 0.15) is 12.5 Å². The maximum Gasteiger partial charge on any atom is 0.239 e. The van der Waals surface area contributed by atoms with Crippen molar-refractivity contribution in [2.24, 2.45) is 0 Å². The molecule has 1 amide bonds. The molecule has 0 spiro atoms. The van der Waals surface area contributed by atoms with Crippen LogP contribution in [0.25, 0.3) is 0 Å². The van der Waals surface area contributed by atoms with Crippen LogP contribution in [0.5, 0.6) is 0 Å². The van der Waals surface area contributed by atoms with Crippen LogP contribution in [-0.4, -0.2) is 51.9 Å². The third-order valence-electron chi connectivity index (χ3n) is 3.61. The molecule has 1 saturated heterocycles. The summed E-state index contributed by atoms with van der Waals surface area (Å²) in [6, 6.07) is 8.83. The van der Waals surface area contributed by atoms with Gasteiger partial charge in [0.1, 0.15) is 6.04 Å². The molecule has 3 N–H and O–H groups in total. The number of hydrogen-bond donors (Lipinski definition) is 3. The number of carbonyl (C=O) groups excluding carboxylic acids is 1. The molecule has 1 aliphatic heterocycles. The smallest absolute Gasteiger partial charge is 0.239 e. The quantitative estimate of drug-likeness (QED) is 0.627. The Morgan fingerprint density at radius 3 is 2.78 bits per heavy atom. The first kappa shape index (κ1) is 17.9. The lowest BCUT2D eigenvalue weighted by atomic mass is 10.1. The Bertz CT molecular complexity index is 606. The largest absolute Gasteiger partial charge is 0.375 e. The summed E-state index contributed by atoms with van der Waals surface area (Å²) in [4.78, 5) is 12.0. The SMILES string of the molecule is C[C@H]1OCCN[C@@H]1C(=O)NCCS(=O)(=O)NCc1ccccc1. The normalized spacial score (nSPS) is 21.8. The van der Waals surface area contributed by atoms with Crippen LogP contribution >= 0.6 is 0 Å². The molecule has 7 nitrogen and oxygen atoms in total. The van der Waals surface area contributed by atoms with Gasteiger partial charge in [0.05, 0.1) is 18.5 Å². The molecular formula is C15H23N3O4S. The van der Waals surface area contributed by atoms with Crippen LogP contribution in [0.3, 0.4) is 0 Å². The Balaban J connectivity index is 1.72. The Morgan fingerprint density at radius 1 is 1.35 bits per heavy atom. The molecule has 0 bridgehead atoms. The van der Waals surface area contributed by atoms with E-state index in [-0.39, 0.29) is 30.9 Å². The Morgan fingerprint density at radius 2 is 2.09 bits per heavy atom. The van der Waals surface area contributed by atoms with Crippen molar-refractivity contribution in [2.45, 2.75) is 25.6 Å². The van der Waals surface area contributed by atoms with E-state index in [4.69, 9.17) is 4.74 Å². The minimum Gasteiger partial charge on any atom is -0.375 e. The first-order valence-electron chi connectivity index (χ1n) is 7.62. The molecule has 128 valence electrons. The number of nitrogens with one attached hydrogen (secondary N) is 3. The van der Waals surface area contributed by atoms with Gasteiger partial charge in [0.2, 0.25) is 15.9 Å². The second-order valence-electron chi connectivity index (χ2n) is 5.42. The topological polar surface area (TPSA) is 96.5 Å². The highest BCUT2D eigenvalue weighted by Gasteiger charge is 2.28. The van der Waals surface area contributed by atoms with Gasteiger partial charge in [-0.1, -0.05) is 30.3 Å². The molecule has 1 heterocycles. The highest BCUT2D eigenvalue weighted by molar-refractivity contribution is 7.89. The molecule has 0 saturated carbocycles. The molecule has 1 aromatic carbocycles. The van der Waals surface area contributed by atoms with Crippen LogP contribution in [0.15, 0.2) is 30.3 Å². The molecule has 1 fully saturated rings. The van der Waals surface area contributed by atoms with Crippen molar-refractivity contribution < 1.29 is 17.9 Å².